The monoisotopic (exact) mass is 277 g/mol. The molecular weight excluding hydrogens is 250 g/mol. The van der Waals surface area contributed by atoms with Gasteiger partial charge >= 0.3 is 0 Å². The smallest absolute Gasteiger partial charge is 0.147 e. The molecule has 0 amide bonds. The topological polar surface area (TPSA) is 57.6 Å². The van der Waals surface area contributed by atoms with E-state index in [0.717, 1.165) is 32.4 Å². The van der Waals surface area contributed by atoms with Gasteiger partial charge in [0, 0.05) is 18.8 Å². The second-order valence-electron chi connectivity index (χ2n) is 5.73. The van der Waals surface area contributed by atoms with Crippen molar-refractivity contribution in [2.75, 3.05) is 25.1 Å². The number of hydrogen-bond donors (Lipinski definition) is 1. The number of sulfone groups is 1. The fraction of sp³-hybridized carbons (Fsp3) is 1.00. The van der Waals surface area contributed by atoms with Crippen LogP contribution in [0, 0.1) is 5.92 Å². The Labute approximate surface area is 111 Å². The molecule has 108 valence electrons. The number of aliphatic hydroxyl groups excluding tert-OH is 1. The van der Waals surface area contributed by atoms with Gasteiger partial charge in [-0.3, -0.25) is 4.90 Å². The van der Waals surface area contributed by atoms with Gasteiger partial charge in [-0.1, -0.05) is 20.3 Å². The molecule has 0 aromatic carbocycles. The third-order valence-electron chi connectivity index (χ3n) is 3.66. The van der Waals surface area contributed by atoms with Crippen LogP contribution in [0.2, 0.25) is 0 Å². The summed E-state index contributed by atoms with van der Waals surface area (Å²) in [6.07, 6.45) is 5.12. The Kier molecular flexibility index (Phi) is 6.08. The van der Waals surface area contributed by atoms with Gasteiger partial charge in [0.05, 0.1) is 11.9 Å². The summed E-state index contributed by atoms with van der Waals surface area (Å²) >= 11 is 0. The normalized spacial score (nSPS) is 25.9. The second-order valence-corrected chi connectivity index (χ2v) is 7.92. The number of hydrogen-bond acceptors (Lipinski definition) is 4. The maximum absolute atomic E-state index is 11.3. The van der Waals surface area contributed by atoms with E-state index in [1.165, 1.54) is 12.7 Å². The molecule has 5 heteroatoms. The maximum Gasteiger partial charge on any atom is 0.147 e. The van der Waals surface area contributed by atoms with Gasteiger partial charge in [-0.2, -0.15) is 0 Å². The first-order chi connectivity index (χ1) is 8.33. The van der Waals surface area contributed by atoms with E-state index in [4.69, 9.17) is 0 Å². The largest absolute Gasteiger partial charge is 0.392 e. The van der Waals surface area contributed by atoms with Crippen LogP contribution in [0.4, 0.5) is 0 Å². The van der Waals surface area contributed by atoms with Gasteiger partial charge in [-0.25, -0.2) is 8.42 Å². The molecule has 1 fully saturated rings. The highest BCUT2D eigenvalue weighted by Crippen LogP contribution is 2.22. The van der Waals surface area contributed by atoms with Crippen molar-refractivity contribution in [3.63, 3.8) is 0 Å². The van der Waals surface area contributed by atoms with E-state index in [0.29, 0.717) is 0 Å². The summed E-state index contributed by atoms with van der Waals surface area (Å²) in [5, 5.41) is 10.0. The fourth-order valence-electron chi connectivity index (χ4n) is 2.92. The predicted molar refractivity (Wildman–Crippen MR) is 74.4 cm³/mol. The lowest BCUT2D eigenvalue weighted by atomic mass is 9.95. The number of rotatable bonds is 6. The quantitative estimate of drug-likeness (QED) is 0.795. The van der Waals surface area contributed by atoms with Crippen molar-refractivity contribution >= 4 is 9.84 Å². The molecule has 0 spiro atoms. The van der Waals surface area contributed by atoms with Crippen molar-refractivity contribution in [2.24, 2.45) is 5.92 Å². The second kappa shape index (κ2) is 6.87. The highest BCUT2D eigenvalue weighted by Gasteiger charge is 2.29. The molecule has 0 aromatic rings. The van der Waals surface area contributed by atoms with E-state index in [-0.39, 0.29) is 23.8 Å². The van der Waals surface area contributed by atoms with Crippen molar-refractivity contribution in [3.05, 3.63) is 0 Å². The van der Waals surface area contributed by atoms with E-state index in [9.17, 15) is 13.5 Å². The van der Waals surface area contributed by atoms with Crippen molar-refractivity contribution in [3.8, 4) is 0 Å². The summed E-state index contributed by atoms with van der Waals surface area (Å²) in [5.41, 5.74) is 0. The van der Waals surface area contributed by atoms with E-state index >= 15 is 0 Å². The molecule has 0 bridgehead atoms. The Morgan fingerprint density at radius 1 is 1.39 bits per heavy atom. The minimum absolute atomic E-state index is 0.129. The first-order valence-electron chi connectivity index (χ1n) is 6.93. The van der Waals surface area contributed by atoms with Crippen LogP contribution in [0.25, 0.3) is 0 Å². The van der Waals surface area contributed by atoms with Crippen molar-refractivity contribution < 1.29 is 13.5 Å². The molecule has 1 aliphatic rings. The third kappa shape index (κ3) is 5.24. The van der Waals surface area contributed by atoms with Gasteiger partial charge in [-0.15, -0.1) is 0 Å². The molecule has 1 N–H and O–H groups in total. The average Bonchev–Trinajstić information content (AvgIpc) is 2.26. The van der Waals surface area contributed by atoms with Crippen LogP contribution in [-0.2, 0) is 9.84 Å². The molecule has 18 heavy (non-hydrogen) atoms. The summed E-state index contributed by atoms with van der Waals surface area (Å²) < 4.78 is 22.6. The van der Waals surface area contributed by atoms with Gasteiger partial charge in [0.15, 0.2) is 0 Å². The van der Waals surface area contributed by atoms with E-state index in [1.54, 1.807) is 0 Å². The summed E-state index contributed by atoms with van der Waals surface area (Å²) in [6, 6.07) is 0.214. The predicted octanol–water partition coefficient (Wildman–Crippen LogP) is 1.29. The van der Waals surface area contributed by atoms with Crippen molar-refractivity contribution in [1.82, 2.24) is 4.90 Å². The van der Waals surface area contributed by atoms with Crippen molar-refractivity contribution in [1.29, 1.82) is 0 Å². The molecule has 1 saturated heterocycles. The lowest BCUT2D eigenvalue weighted by Crippen LogP contribution is -2.48. The zero-order chi connectivity index (χ0) is 13.8. The summed E-state index contributed by atoms with van der Waals surface area (Å²) in [4.78, 5) is 2.29. The highest BCUT2D eigenvalue weighted by molar-refractivity contribution is 7.90. The van der Waals surface area contributed by atoms with Crippen LogP contribution in [-0.4, -0.2) is 55.7 Å². The molecule has 0 saturated carbocycles. The Morgan fingerprint density at radius 3 is 2.61 bits per heavy atom. The van der Waals surface area contributed by atoms with Crippen LogP contribution < -0.4 is 0 Å². The van der Waals surface area contributed by atoms with Crippen LogP contribution in [0.5, 0.6) is 0 Å². The third-order valence-corrected chi connectivity index (χ3v) is 4.83. The molecule has 1 heterocycles. The average molecular weight is 277 g/mol. The maximum atomic E-state index is 11.3. The Hall–Kier alpha value is -0.130. The fourth-order valence-corrected chi connectivity index (χ4v) is 4.06. The van der Waals surface area contributed by atoms with Gasteiger partial charge in [0.2, 0.25) is 0 Å². The van der Waals surface area contributed by atoms with E-state index < -0.39 is 9.84 Å². The zero-order valence-electron chi connectivity index (χ0n) is 11.8. The van der Waals surface area contributed by atoms with Crippen LogP contribution in [0.1, 0.15) is 39.5 Å². The molecule has 1 aliphatic heterocycles. The standard InChI is InChI=1S/C13H27NO3S/c1-4-13(15)12-7-5-6-8-14(12)9-11(2)10-18(3,16)17/h11-13,15H,4-10H2,1-3H3. The first-order valence-corrected chi connectivity index (χ1v) is 8.99. The van der Waals surface area contributed by atoms with E-state index in [1.807, 2.05) is 13.8 Å². The molecular formula is C13H27NO3S. The number of aliphatic hydroxyl groups is 1. The number of piperidine rings is 1. The lowest BCUT2D eigenvalue weighted by Gasteiger charge is -2.39. The van der Waals surface area contributed by atoms with E-state index in [2.05, 4.69) is 4.90 Å². The van der Waals surface area contributed by atoms with Crippen molar-refractivity contribution in [2.45, 2.75) is 51.7 Å². The number of nitrogens with zero attached hydrogens (tertiary/aromatic N) is 1. The van der Waals surface area contributed by atoms with Crippen LogP contribution in [0.15, 0.2) is 0 Å². The Balaban J connectivity index is 2.56. The van der Waals surface area contributed by atoms with Gasteiger partial charge in [0.25, 0.3) is 0 Å². The Morgan fingerprint density at radius 2 is 2.06 bits per heavy atom. The first kappa shape index (κ1) is 15.9. The van der Waals surface area contributed by atoms with Crippen LogP contribution >= 0.6 is 0 Å². The Bertz CT molecular complexity index is 342. The van der Waals surface area contributed by atoms with Gasteiger partial charge in [-0.05, 0) is 31.7 Å². The lowest BCUT2D eigenvalue weighted by molar-refractivity contribution is 0.0184. The van der Waals surface area contributed by atoms with Gasteiger partial charge in [0.1, 0.15) is 9.84 Å². The molecule has 4 nitrogen and oxygen atoms in total. The molecule has 3 unspecified atom stereocenters. The molecule has 0 aromatic heterocycles. The highest BCUT2D eigenvalue weighted by atomic mass is 32.2. The minimum Gasteiger partial charge on any atom is -0.392 e. The molecule has 0 radical (unpaired) electrons. The summed E-state index contributed by atoms with van der Waals surface area (Å²) in [5.74, 6) is 0.364. The molecule has 0 aliphatic carbocycles. The summed E-state index contributed by atoms with van der Waals surface area (Å²) in [7, 11) is -2.91. The minimum atomic E-state index is -2.91. The molecule has 3 atom stereocenters. The van der Waals surface area contributed by atoms with Crippen LogP contribution in [0.3, 0.4) is 0 Å². The zero-order valence-corrected chi connectivity index (χ0v) is 12.6. The summed E-state index contributed by atoms with van der Waals surface area (Å²) in [6.45, 7) is 5.73. The molecule has 1 rings (SSSR count). The van der Waals surface area contributed by atoms with Gasteiger partial charge < -0.3 is 5.11 Å². The SMILES string of the molecule is CCC(O)C1CCCCN1CC(C)CS(C)(=O)=O. The number of likely N-dealkylation sites (tertiary alicyclic amines) is 1.